The molecule has 0 aliphatic carbocycles. The Labute approximate surface area is 282 Å². The Bertz CT molecular complexity index is 1740. The largest absolute Gasteiger partial charge is 0.490 e. The van der Waals surface area contributed by atoms with Gasteiger partial charge in [0.05, 0.1) is 40.2 Å². The Morgan fingerprint density at radius 1 is 1.00 bits per heavy atom. The normalized spacial score (nSPS) is 20.8. The molecule has 14 heteroatoms. The molecule has 0 unspecified atom stereocenters. The predicted octanol–water partition coefficient (Wildman–Crippen LogP) is 4.74. The summed E-state index contributed by atoms with van der Waals surface area (Å²) in [6, 6.07) is 16.3. The number of ether oxygens (including phenoxy) is 2. The Morgan fingerprint density at radius 3 is 2.35 bits per heavy atom. The van der Waals surface area contributed by atoms with Gasteiger partial charge in [0.2, 0.25) is 10.0 Å². The zero-order valence-electron chi connectivity index (χ0n) is 27.6. The first-order chi connectivity index (χ1) is 22.7. The maximum atomic E-state index is 14.3. The summed E-state index contributed by atoms with van der Waals surface area (Å²) in [7, 11) is -6.51. The molecule has 0 radical (unpaired) electrons. The van der Waals surface area contributed by atoms with Crippen LogP contribution < -0.4 is 9.46 Å². The van der Waals surface area contributed by atoms with Crippen LogP contribution in [0.5, 0.6) is 5.75 Å². The minimum Gasteiger partial charge on any atom is -0.490 e. The van der Waals surface area contributed by atoms with Crippen molar-refractivity contribution in [2.24, 2.45) is 5.92 Å². The third kappa shape index (κ3) is 9.32. The van der Waals surface area contributed by atoms with E-state index in [1.54, 1.807) is 31.2 Å². The molecule has 0 aromatic heterocycles. The summed E-state index contributed by atoms with van der Waals surface area (Å²) in [5, 5.41) is 10.2. The quantitative estimate of drug-likeness (QED) is 0.325. The van der Waals surface area contributed by atoms with Gasteiger partial charge in [-0.25, -0.2) is 21.2 Å². The highest BCUT2D eigenvalue weighted by Crippen LogP contribution is 2.30. The number of carbonyl (C=O) groups is 1. The smallest absolute Gasteiger partial charge is 0.261 e. The van der Waals surface area contributed by atoms with Crippen molar-refractivity contribution in [3.63, 3.8) is 0 Å². The molecule has 0 saturated carbocycles. The van der Waals surface area contributed by atoms with E-state index in [4.69, 9.17) is 9.47 Å². The number of hydrogen-bond acceptors (Lipinski definition) is 8. The first-order valence-electron chi connectivity index (χ1n) is 15.9. The highest BCUT2D eigenvalue weighted by atomic mass is 32.2. The van der Waals surface area contributed by atoms with Gasteiger partial charge in [0.15, 0.2) is 0 Å². The molecule has 0 saturated heterocycles. The van der Waals surface area contributed by atoms with Gasteiger partial charge < -0.3 is 19.5 Å². The van der Waals surface area contributed by atoms with E-state index in [0.29, 0.717) is 19.4 Å². The minimum absolute atomic E-state index is 0.0437. The Hall–Kier alpha value is -3.56. The maximum absolute atomic E-state index is 14.3. The van der Waals surface area contributed by atoms with Gasteiger partial charge in [-0.1, -0.05) is 25.1 Å². The van der Waals surface area contributed by atoms with Gasteiger partial charge in [0.1, 0.15) is 11.6 Å². The number of aliphatic hydroxyl groups is 1. The molecule has 3 aromatic rings. The average Bonchev–Trinajstić information content (AvgIpc) is 3.06. The lowest BCUT2D eigenvalue weighted by Crippen LogP contribution is -2.48. The van der Waals surface area contributed by atoms with Gasteiger partial charge >= 0.3 is 0 Å². The van der Waals surface area contributed by atoms with Crippen LogP contribution in [0.1, 0.15) is 50.4 Å². The first-order valence-corrected chi connectivity index (χ1v) is 18.8. The van der Waals surface area contributed by atoms with E-state index in [1.807, 2.05) is 13.8 Å². The number of rotatable bonds is 9. The molecule has 1 amide bonds. The van der Waals surface area contributed by atoms with Crippen LogP contribution in [0.15, 0.2) is 82.6 Å². The number of amides is 1. The van der Waals surface area contributed by atoms with Gasteiger partial charge in [0.25, 0.3) is 15.9 Å². The predicted molar refractivity (Wildman–Crippen MR) is 180 cm³/mol. The van der Waals surface area contributed by atoms with Crippen molar-refractivity contribution in [2.45, 2.75) is 68.1 Å². The summed E-state index contributed by atoms with van der Waals surface area (Å²) in [6.07, 6.45) is 1.10. The van der Waals surface area contributed by atoms with Crippen molar-refractivity contribution in [2.75, 3.05) is 38.1 Å². The van der Waals surface area contributed by atoms with Crippen LogP contribution in [0.25, 0.3) is 0 Å². The van der Waals surface area contributed by atoms with Crippen LogP contribution in [0.2, 0.25) is 0 Å². The van der Waals surface area contributed by atoms with Gasteiger partial charge in [-0.15, -0.1) is 0 Å². The number of halogens is 1. The molecular weight excluding hydrogens is 662 g/mol. The molecule has 3 aromatic carbocycles. The van der Waals surface area contributed by atoms with Crippen molar-refractivity contribution in [3.8, 4) is 5.75 Å². The van der Waals surface area contributed by atoms with E-state index in [-0.39, 0.29) is 52.6 Å². The fourth-order valence-electron chi connectivity index (χ4n) is 5.40. The van der Waals surface area contributed by atoms with E-state index in [9.17, 15) is 31.1 Å². The number of sulfonamides is 2. The fraction of sp³-hybridized carbons (Fsp3) is 0.441. The number of nitrogens with one attached hydrogen (secondary N) is 1. The second-order valence-electron chi connectivity index (χ2n) is 12.2. The number of likely N-dealkylation sites (N-methyl/N-ethyl adjacent to an activating group) is 1. The molecule has 0 spiro atoms. The second kappa shape index (κ2) is 16.2. The van der Waals surface area contributed by atoms with Crippen LogP contribution in [-0.2, 0) is 24.8 Å². The van der Waals surface area contributed by atoms with Crippen LogP contribution in [0, 0.1) is 11.7 Å². The number of aliphatic hydroxyl groups excluding tert-OH is 1. The first kappa shape index (κ1) is 37.3. The van der Waals surface area contributed by atoms with Crippen molar-refractivity contribution in [1.82, 2.24) is 9.21 Å². The Kier molecular flexibility index (Phi) is 12.6. The lowest BCUT2D eigenvalue weighted by atomic mass is 10.0. The molecule has 11 nitrogen and oxygen atoms in total. The van der Waals surface area contributed by atoms with E-state index in [0.717, 1.165) is 22.9 Å². The molecule has 0 fully saturated rings. The standard InChI is InChI=1S/C34H44FN3O8S2/c1-24-21-38(25(2)23-39)34(40)31-20-28(36-47(41,42)29-11-6-5-7-12-29)15-18-32(31)46-26(3)10-8-9-19-45-33(24)22-37(4)48(43,44)30-16-13-27(35)14-17-30/h5-7,11-18,20,24-26,33,36,39H,8-10,19,21-23H2,1-4H3/t24-,25+,26-,33+/m0/s1. The Morgan fingerprint density at radius 2 is 1.69 bits per heavy atom. The number of carbonyl (C=O) groups excluding carboxylic acids is 1. The summed E-state index contributed by atoms with van der Waals surface area (Å²) in [5.74, 6) is -1.20. The SMILES string of the molecule is C[C@H](CO)N1C[C@H](C)[C@@H](CN(C)S(=O)(=O)c2ccc(F)cc2)OCCCC[C@H](C)Oc2ccc(NS(=O)(=O)c3ccccc3)cc2C1=O. The zero-order valence-corrected chi connectivity index (χ0v) is 29.2. The molecule has 1 aliphatic rings. The molecule has 4 rings (SSSR count). The molecule has 1 aliphatic heterocycles. The highest BCUT2D eigenvalue weighted by molar-refractivity contribution is 7.92. The number of benzene rings is 3. The topological polar surface area (TPSA) is 143 Å². The molecule has 4 atom stereocenters. The monoisotopic (exact) mass is 705 g/mol. The third-order valence-corrected chi connectivity index (χ3v) is 11.6. The van der Waals surface area contributed by atoms with Gasteiger partial charge in [-0.3, -0.25) is 9.52 Å². The summed E-state index contributed by atoms with van der Waals surface area (Å²) in [5.41, 5.74) is 0.259. The Balaban J connectivity index is 1.67. The van der Waals surface area contributed by atoms with Crippen molar-refractivity contribution in [3.05, 3.63) is 84.2 Å². The third-order valence-electron chi connectivity index (χ3n) is 8.32. The van der Waals surface area contributed by atoms with E-state index in [1.165, 1.54) is 48.3 Å². The number of hydrogen-bond donors (Lipinski definition) is 2. The van der Waals surface area contributed by atoms with Gasteiger partial charge in [-0.2, -0.15) is 4.31 Å². The highest BCUT2D eigenvalue weighted by Gasteiger charge is 2.32. The van der Waals surface area contributed by atoms with Gasteiger partial charge in [0, 0.05) is 38.3 Å². The van der Waals surface area contributed by atoms with Crippen LogP contribution in [-0.4, -0.2) is 88.7 Å². The molecule has 0 bridgehead atoms. The fourth-order valence-corrected chi connectivity index (χ4v) is 7.65. The lowest BCUT2D eigenvalue weighted by Gasteiger charge is -2.35. The summed E-state index contributed by atoms with van der Waals surface area (Å²) >= 11 is 0. The minimum atomic E-state index is -3.98. The molecule has 48 heavy (non-hydrogen) atoms. The maximum Gasteiger partial charge on any atom is 0.261 e. The number of fused-ring (bicyclic) bond motifs is 1. The summed E-state index contributed by atoms with van der Waals surface area (Å²) in [4.78, 5) is 15.8. The van der Waals surface area contributed by atoms with Gasteiger partial charge in [-0.05, 0) is 87.7 Å². The van der Waals surface area contributed by atoms with Crippen molar-refractivity contribution in [1.29, 1.82) is 0 Å². The number of nitrogens with zero attached hydrogens (tertiary/aromatic N) is 2. The molecule has 2 N–H and O–H groups in total. The lowest BCUT2D eigenvalue weighted by molar-refractivity contribution is -0.00834. The average molecular weight is 706 g/mol. The van der Waals surface area contributed by atoms with Crippen LogP contribution >= 0.6 is 0 Å². The van der Waals surface area contributed by atoms with Crippen molar-refractivity contribution >= 4 is 31.6 Å². The summed E-state index contributed by atoms with van der Waals surface area (Å²) in [6.45, 7) is 5.40. The van der Waals surface area contributed by atoms with Crippen LogP contribution in [0.4, 0.5) is 10.1 Å². The molecule has 1 heterocycles. The number of anilines is 1. The van der Waals surface area contributed by atoms with E-state index in [2.05, 4.69) is 4.72 Å². The zero-order chi connectivity index (χ0) is 35.1. The van der Waals surface area contributed by atoms with Crippen LogP contribution in [0.3, 0.4) is 0 Å². The summed E-state index contributed by atoms with van der Waals surface area (Å²) < 4.78 is 82.5. The van der Waals surface area contributed by atoms with E-state index < -0.39 is 49.8 Å². The molecule has 262 valence electrons. The second-order valence-corrected chi connectivity index (χ2v) is 15.9. The molecular formula is C34H44FN3O8S2. The van der Waals surface area contributed by atoms with E-state index >= 15 is 0 Å². The van der Waals surface area contributed by atoms with Crippen molar-refractivity contribution < 1.29 is 40.6 Å².